The number of ether oxygens (including phenoxy) is 3. The average Bonchev–Trinajstić information content (AvgIpc) is 3.34. The Bertz CT molecular complexity index is 1570. The summed E-state index contributed by atoms with van der Waals surface area (Å²) < 4.78 is 17.3. The summed E-state index contributed by atoms with van der Waals surface area (Å²) in [7, 11) is 0. The van der Waals surface area contributed by atoms with Gasteiger partial charge in [-0.3, -0.25) is 9.59 Å². The van der Waals surface area contributed by atoms with Crippen molar-refractivity contribution in [3.8, 4) is 0 Å². The average molecular weight is 933 g/mol. The van der Waals surface area contributed by atoms with Crippen molar-refractivity contribution < 1.29 is 23.8 Å². The quantitative estimate of drug-likeness (QED) is 0.0346. The third kappa shape index (κ3) is 53.9. The van der Waals surface area contributed by atoms with Crippen LogP contribution in [0.5, 0.6) is 0 Å². The van der Waals surface area contributed by atoms with E-state index >= 15 is 0 Å². The standard InChI is InChI=1S/C63H96O5/c1-4-7-10-13-16-19-22-25-28-30-32-33-36-38-41-44-47-50-53-56-62(64)67-60-61(68-63(65)57-54-51-48-45-42-39-35-27-24-21-18-15-12-9-6-3)59-66-58-55-52-49-46-43-40-37-34-31-29-26-23-20-17-14-11-8-5-2/h7-12,16-21,25-29,32-35,37-38,41-43,45-46,61H,4-6,13-15,22-24,30-31,36,39-40,44,47-60H2,1-3H3/b10-7-,11-8-,12-9-,19-16-,20-17-,21-18-,28-25-,29-26-,33-32-,35-27-,37-34-,41-38-,45-42-,46-43-. The second-order valence-corrected chi connectivity index (χ2v) is 16.6. The first kappa shape index (κ1) is 63.3. The van der Waals surface area contributed by atoms with Crippen LogP contribution in [0.2, 0.25) is 0 Å². The van der Waals surface area contributed by atoms with Crippen LogP contribution in [0.25, 0.3) is 0 Å². The molecule has 0 N–H and O–H groups in total. The highest BCUT2D eigenvalue weighted by Gasteiger charge is 2.17. The number of rotatable bonds is 46. The van der Waals surface area contributed by atoms with Gasteiger partial charge in [-0.1, -0.05) is 197 Å². The molecule has 0 aromatic carbocycles. The Balaban J connectivity index is 4.53. The molecular weight excluding hydrogens is 837 g/mol. The van der Waals surface area contributed by atoms with Gasteiger partial charge in [-0.25, -0.2) is 0 Å². The fourth-order valence-corrected chi connectivity index (χ4v) is 6.37. The van der Waals surface area contributed by atoms with E-state index in [1.165, 1.54) is 0 Å². The second-order valence-electron chi connectivity index (χ2n) is 16.6. The molecule has 0 rings (SSSR count). The van der Waals surface area contributed by atoms with E-state index in [4.69, 9.17) is 14.2 Å². The third-order valence-electron chi connectivity index (χ3n) is 10.2. The molecule has 5 heteroatoms. The highest BCUT2D eigenvalue weighted by Crippen LogP contribution is 2.10. The first-order valence-corrected chi connectivity index (χ1v) is 26.7. The highest BCUT2D eigenvalue weighted by molar-refractivity contribution is 5.70. The molecule has 5 nitrogen and oxygen atoms in total. The molecule has 0 saturated heterocycles. The Hall–Kier alpha value is -4.74. The van der Waals surface area contributed by atoms with Crippen molar-refractivity contribution in [1.29, 1.82) is 0 Å². The Morgan fingerprint density at radius 3 is 0.985 bits per heavy atom. The Morgan fingerprint density at radius 2 is 0.618 bits per heavy atom. The molecular formula is C63H96O5. The summed E-state index contributed by atoms with van der Waals surface area (Å²) in [5, 5.41) is 0. The van der Waals surface area contributed by atoms with Crippen LogP contribution in [0.3, 0.4) is 0 Å². The van der Waals surface area contributed by atoms with Gasteiger partial charge in [0.25, 0.3) is 0 Å². The Labute approximate surface area is 417 Å². The van der Waals surface area contributed by atoms with Crippen LogP contribution in [0.4, 0.5) is 0 Å². The summed E-state index contributed by atoms with van der Waals surface area (Å²) in [6.07, 6.45) is 85.2. The molecule has 0 bridgehead atoms. The third-order valence-corrected chi connectivity index (χ3v) is 10.2. The van der Waals surface area contributed by atoms with Gasteiger partial charge < -0.3 is 14.2 Å². The maximum absolute atomic E-state index is 12.8. The van der Waals surface area contributed by atoms with Gasteiger partial charge in [0.2, 0.25) is 0 Å². The first-order chi connectivity index (χ1) is 33.6. The molecule has 0 radical (unpaired) electrons. The van der Waals surface area contributed by atoms with Gasteiger partial charge in [0.15, 0.2) is 6.10 Å². The highest BCUT2D eigenvalue weighted by atomic mass is 16.6. The fraction of sp³-hybridized carbons (Fsp3) is 0.524. The number of allylic oxidation sites excluding steroid dienone is 28. The zero-order valence-corrected chi connectivity index (χ0v) is 43.3. The smallest absolute Gasteiger partial charge is 0.306 e. The lowest BCUT2D eigenvalue weighted by Gasteiger charge is -2.18. The van der Waals surface area contributed by atoms with Gasteiger partial charge in [0, 0.05) is 19.4 Å². The lowest BCUT2D eigenvalue weighted by Crippen LogP contribution is -2.30. The van der Waals surface area contributed by atoms with E-state index in [1.807, 2.05) is 0 Å². The van der Waals surface area contributed by atoms with Crippen molar-refractivity contribution in [3.63, 3.8) is 0 Å². The number of hydrogen-bond donors (Lipinski definition) is 0. The second kappa shape index (κ2) is 56.6. The van der Waals surface area contributed by atoms with E-state index in [0.29, 0.717) is 19.4 Å². The van der Waals surface area contributed by atoms with Gasteiger partial charge in [-0.05, 0) is 148 Å². The van der Waals surface area contributed by atoms with E-state index < -0.39 is 6.10 Å². The number of carbonyl (C=O) groups excluding carboxylic acids is 2. The van der Waals surface area contributed by atoms with Crippen LogP contribution >= 0.6 is 0 Å². The predicted molar refractivity (Wildman–Crippen MR) is 297 cm³/mol. The van der Waals surface area contributed by atoms with Crippen molar-refractivity contribution in [2.24, 2.45) is 0 Å². The lowest BCUT2D eigenvalue weighted by molar-refractivity contribution is -0.163. The SMILES string of the molecule is CC/C=C\C/C=C\C/C=C\C/C=C\C/C=C\CCCCCC(=O)OCC(COCCCC/C=C\C/C=C\C/C=C\C/C=C\C/C=C\CC)OC(=O)CCCC/C=C\C/C=C\C/C=C\C/C=C\CC. The monoisotopic (exact) mass is 933 g/mol. The van der Waals surface area contributed by atoms with E-state index in [-0.39, 0.29) is 25.2 Å². The lowest BCUT2D eigenvalue weighted by atomic mass is 10.1. The topological polar surface area (TPSA) is 61.8 Å². The van der Waals surface area contributed by atoms with Gasteiger partial charge in [-0.15, -0.1) is 0 Å². The molecule has 0 saturated carbocycles. The van der Waals surface area contributed by atoms with Crippen molar-refractivity contribution in [2.75, 3.05) is 19.8 Å². The maximum Gasteiger partial charge on any atom is 0.306 e. The van der Waals surface area contributed by atoms with Crippen LogP contribution in [0, 0.1) is 0 Å². The molecule has 0 amide bonds. The molecule has 0 aromatic heterocycles. The number of carbonyl (C=O) groups is 2. The summed E-state index contributed by atoms with van der Waals surface area (Å²) in [5.74, 6) is -0.524. The minimum absolute atomic E-state index is 0.0204. The van der Waals surface area contributed by atoms with Crippen LogP contribution in [0.1, 0.15) is 188 Å². The Kier molecular flexibility index (Phi) is 52.6. The molecule has 1 atom stereocenters. The zero-order chi connectivity index (χ0) is 49.2. The minimum Gasteiger partial charge on any atom is -0.462 e. The minimum atomic E-state index is -0.609. The molecule has 378 valence electrons. The molecule has 0 aliphatic carbocycles. The van der Waals surface area contributed by atoms with Crippen LogP contribution in [-0.4, -0.2) is 37.9 Å². The maximum atomic E-state index is 12.8. The molecule has 1 unspecified atom stereocenters. The number of esters is 2. The predicted octanol–water partition coefficient (Wildman–Crippen LogP) is 18.4. The van der Waals surface area contributed by atoms with Gasteiger partial charge in [0.1, 0.15) is 6.61 Å². The largest absolute Gasteiger partial charge is 0.462 e. The fourth-order valence-electron chi connectivity index (χ4n) is 6.37. The Morgan fingerprint density at radius 1 is 0.324 bits per heavy atom. The molecule has 0 spiro atoms. The van der Waals surface area contributed by atoms with Crippen molar-refractivity contribution in [3.05, 3.63) is 170 Å². The summed E-state index contributed by atoms with van der Waals surface area (Å²) in [5.41, 5.74) is 0. The van der Waals surface area contributed by atoms with E-state index in [0.717, 1.165) is 154 Å². The van der Waals surface area contributed by atoms with Crippen LogP contribution in [0.15, 0.2) is 170 Å². The van der Waals surface area contributed by atoms with Crippen LogP contribution in [-0.2, 0) is 23.8 Å². The first-order valence-electron chi connectivity index (χ1n) is 26.7. The molecule has 0 heterocycles. The van der Waals surface area contributed by atoms with Crippen LogP contribution < -0.4 is 0 Å². The van der Waals surface area contributed by atoms with E-state index in [9.17, 15) is 9.59 Å². The molecule has 68 heavy (non-hydrogen) atoms. The molecule has 0 aromatic rings. The summed E-state index contributed by atoms with van der Waals surface area (Å²) in [6.45, 7) is 7.27. The van der Waals surface area contributed by atoms with E-state index in [1.54, 1.807) is 0 Å². The van der Waals surface area contributed by atoms with Crippen molar-refractivity contribution in [1.82, 2.24) is 0 Å². The van der Waals surface area contributed by atoms with Gasteiger partial charge >= 0.3 is 11.9 Å². The summed E-state index contributed by atoms with van der Waals surface area (Å²) >= 11 is 0. The number of unbranched alkanes of at least 4 members (excludes halogenated alkanes) is 7. The molecule has 0 aliphatic heterocycles. The molecule has 0 fully saturated rings. The van der Waals surface area contributed by atoms with Crippen molar-refractivity contribution >= 4 is 11.9 Å². The van der Waals surface area contributed by atoms with Gasteiger partial charge in [-0.2, -0.15) is 0 Å². The summed E-state index contributed by atoms with van der Waals surface area (Å²) in [6, 6.07) is 0. The molecule has 0 aliphatic rings. The van der Waals surface area contributed by atoms with Crippen molar-refractivity contribution in [2.45, 2.75) is 194 Å². The normalized spacial score (nSPS) is 13.6. The van der Waals surface area contributed by atoms with E-state index in [2.05, 4.69) is 191 Å². The van der Waals surface area contributed by atoms with Gasteiger partial charge in [0.05, 0.1) is 6.61 Å². The summed E-state index contributed by atoms with van der Waals surface area (Å²) in [4.78, 5) is 25.4. The zero-order valence-electron chi connectivity index (χ0n) is 43.3. The number of hydrogen-bond acceptors (Lipinski definition) is 5.